The van der Waals surface area contributed by atoms with E-state index < -0.39 is 17.9 Å². The molecule has 1 aliphatic rings. The van der Waals surface area contributed by atoms with E-state index in [2.05, 4.69) is 27.5 Å². The maximum absolute atomic E-state index is 13.0. The van der Waals surface area contributed by atoms with Crippen molar-refractivity contribution in [2.75, 3.05) is 17.6 Å². The highest BCUT2D eigenvalue weighted by Gasteiger charge is 2.21. The van der Waals surface area contributed by atoms with Gasteiger partial charge in [-0.05, 0) is 75.5 Å². The van der Waals surface area contributed by atoms with Gasteiger partial charge in [-0.25, -0.2) is 13.8 Å². The molecule has 3 heterocycles. The van der Waals surface area contributed by atoms with E-state index in [1.807, 2.05) is 0 Å². The molecule has 8 nitrogen and oxygen atoms in total. The molecule has 0 saturated carbocycles. The number of alkyl halides is 2. The standard InChI is InChI=1S/C19H17F2N5O2.C6H13N/c1-10-6-12(16(20)21)7-11(2)15(10)26-9-24-17(22)14(19(26)28)18(27)25-13-4-3-5-23-8-13;1-6-4-2-3-5-7-6/h3-9,16H,22H2,1-2H3,(H,25,27);6-7H,2-5H2,1H3. The van der Waals surface area contributed by atoms with E-state index in [1.165, 1.54) is 56.7 Å². The quantitative estimate of drug-likeness (QED) is 0.512. The molecular formula is C25H30F2N6O2. The highest BCUT2D eigenvalue weighted by atomic mass is 19.3. The molecule has 1 atom stereocenters. The van der Waals surface area contributed by atoms with Gasteiger partial charge in [-0.1, -0.05) is 6.42 Å². The Morgan fingerprint density at radius 1 is 1.26 bits per heavy atom. The Balaban J connectivity index is 0.000000420. The fraction of sp³-hybridized carbons (Fsp3) is 0.360. The largest absolute Gasteiger partial charge is 0.383 e. The molecule has 0 spiro atoms. The lowest BCUT2D eigenvalue weighted by molar-refractivity contribution is 0.102. The maximum atomic E-state index is 13.0. The van der Waals surface area contributed by atoms with Gasteiger partial charge in [-0.2, -0.15) is 0 Å². The first-order chi connectivity index (χ1) is 16.7. The minimum Gasteiger partial charge on any atom is -0.383 e. The predicted molar refractivity (Wildman–Crippen MR) is 132 cm³/mol. The average molecular weight is 485 g/mol. The number of anilines is 2. The Bertz CT molecular complexity index is 1200. The minimum absolute atomic E-state index is 0.148. The zero-order chi connectivity index (χ0) is 25.5. The Hall–Kier alpha value is -3.66. The van der Waals surface area contributed by atoms with Gasteiger partial charge in [0.15, 0.2) is 0 Å². The normalized spacial score (nSPS) is 15.3. The van der Waals surface area contributed by atoms with Gasteiger partial charge in [0.2, 0.25) is 0 Å². The van der Waals surface area contributed by atoms with Crippen molar-refractivity contribution in [2.45, 2.75) is 52.5 Å². The number of piperidine rings is 1. The second-order valence-electron chi connectivity index (χ2n) is 8.53. The first-order valence-electron chi connectivity index (χ1n) is 11.4. The van der Waals surface area contributed by atoms with Crippen LogP contribution in [0.5, 0.6) is 0 Å². The van der Waals surface area contributed by atoms with Crippen molar-refractivity contribution < 1.29 is 13.6 Å². The zero-order valence-electron chi connectivity index (χ0n) is 20.0. The number of carbonyl (C=O) groups is 1. The van der Waals surface area contributed by atoms with Gasteiger partial charge in [0, 0.05) is 17.8 Å². The molecule has 1 saturated heterocycles. The number of nitrogens with zero attached hydrogens (tertiary/aromatic N) is 3. The van der Waals surface area contributed by atoms with Crippen molar-refractivity contribution >= 4 is 17.4 Å². The zero-order valence-corrected chi connectivity index (χ0v) is 20.0. The summed E-state index contributed by atoms with van der Waals surface area (Å²) in [6.45, 7) is 6.69. The Kier molecular flexibility index (Phi) is 8.64. The molecule has 35 heavy (non-hydrogen) atoms. The van der Waals surface area contributed by atoms with E-state index in [4.69, 9.17) is 5.73 Å². The molecule has 3 aromatic rings. The highest BCUT2D eigenvalue weighted by molar-refractivity contribution is 6.06. The second kappa shape index (κ2) is 11.7. The fourth-order valence-corrected chi connectivity index (χ4v) is 3.99. The van der Waals surface area contributed by atoms with Gasteiger partial charge in [0.25, 0.3) is 17.9 Å². The number of aryl methyl sites for hydroxylation is 2. The van der Waals surface area contributed by atoms with Crippen molar-refractivity contribution in [2.24, 2.45) is 0 Å². The molecule has 1 aromatic carbocycles. The molecule has 4 N–H and O–H groups in total. The lowest BCUT2D eigenvalue weighted by atomic mass is 10.0. The number of benzene rings is 1. The molecule has 1 aliphatic heterocycles. The number of halogens is 2. The van der Waals surface area contributed by atoms with Crippen molar-refractivity contribution in [3.8, 4) is 5.69 Å². The molecule has 1 unspecified atom stereocenters. The fourth-order valence-electron chi connectivity index (χ4n) is 3.99. The summed E-state index contributed by atoms with van der Waals surface area (Å²) in [5.74, 6) is -0.973. The van der Waals surface area contributed by atoms with Crippen LogP contribution in [0.15, 0.2) is 47.8 Å². The first-order valence-corrected chi connectivity index (χ1v) is 11.4. The van der Waals surface area contributed by atoms with Gasteiger partial charge in [-0.3, -0.25) is 19.1 Å². The number of nitrogens with one attached hydrogen (secondary N) is 2. The Labute approximate surface area is 202 Å². The van der Waals surface area contributed by atoms with Crippen molar-refractivity contribution in [3.05, 3.63) is 75.6 Å². The SMILES string of the molecule is CC1CCCCN1.Cc1cc(C(F)F)cc(C)c1-n1cnc(N)c(C(=O)Nc2cccnc2)c1=O. The van der Waals surface area contributed by atoms with E-state index in [1.54, 1.807) is 26.0 Å². The summed E-state index contributed by atoms with van der Waals surface area (Å²) >= 11 is 0. The molecule has 4 rings (SSSR count). The molecule has 186 valence electrons. The summed E-state index contributed by atoms with van der Waals surface area (Å²) in [6, 6.07) is 6.61. The number of hydrogen-bond donors (Lipinski definition) is 3. The summed E-state index contributed by atoms with van der Waals surface area (Å²) in [7, 11) is 0. The number of rotatable bonds is 4. The monoisotopic (exact) mass is 484 g/mol. The first kappa shape index (κ1) is 26.0. The van der Waals surface area contributed by atoms with Gasteiger partial charge < -0.3 is 16.4 Å². The summed E-state index contributed by atoms with van der Waals surface area (Å²) < 4.78 is 27.2. The van der Waals surface area contributed by atoms with E-state index >= 15 is 0 Å². The average Bonchev–Trinajstić information content (AvgIpc) is 2.81. The van der Waals surface area contributed by atoms with Crippen LogP contribution in [0.25, 0.3) is 5.69 Å². The number of aromatic nitrogens is 3. The smallest absolute Gasteiger partial charge is 0.272 e. The van der Waals surface area contributed by atoms with Crippen molar-refractivity contribution in [1.29, 1.82) is 0 Å². The van der Waals surface area contributed by atoms with E-state index in [-0.39, 0.29) is 16.9 Å². The number of nitrogen functional groups attached to an aromatic ring is 1. The lowest BCUT2D eigenvalue weighted by Gasteiger charge is -2.18. The molecule has 10 heteroatoms. The molecule has 2 aromatic heterocycles. The van der Waals surface area contributed by atoms with Crippen LogP contribution in [0, 0.1) is 13.8 Å². The second-order valence-corrected chi connectivity index (χ2v) is 8.53. The highest BCUT2D eigenvalue weighted by Crippen LogP contribution is 2.26. The topological polar surface area (TPSA) is 115 Å². The third kappa shape index (κ3) is 6.48. The van der Waals surface area contributed by atoms with Crippen LogP contribution < -0.4 is 21.9 Å². The Morgan fingerprint density at radius 3 is 2.49 bits per heavy atom. The van der Waals surface area contributed by atoms with E-state index in [0.29, 0.717) is 22.5 Å². The molecule has 1 fully saturated rings. The molecule has 0 aliphatic carbocycles. The van der Waals surface area contributed by atoms with Crippen LogP contribution in [0.3, 0.4) is 0 Å². The number of hydrogen-bond acceptors (Lipinski definition) is 6. The van der Waals surface area contributed by atoms with Crippen LogP contribution in [0.1, 0.15) is 59.7 Å². The number of amides is 1. The van der Waals surface area contributed by atoms with Crippen LogP contribution in [-0.2, 0) is 0 Å². The van der Waals surface area contributed by atoms with Crippen LogP contribution in [-0.4, -0.2) is 33.0 Å². The van der Waals surface area contributed by atoms with Crippen LogP contribution >= 0.6 is 0 Å². The molecule has 0 radical (unpaired) electrons. The Morgan fingerprint density at radius 2 is 1.97 bits per heavy atom. The number of pyridine rings is 1. The third-order valence-corrected chi connectivity index (χ3v) is 5.71. The van der Waals surface area contributed by atoms with Crippen LogP contribution in [0.4, 0.5) is 20.3 Å². The predicted octanol–water partition coefficient (Wildman–Crippen LogP) is 4.16. The summed E-state index contributed by atoms with van der Waals surface area (Å²) in [5, 5.41) is 5.92. The van der Waals surface area contributed by atoms with Gasteiger partial charge in [-0.15, -0.1) is 0 Å². The lowest BCUT2D eigenvalue weighted by Crippen LogP contribution is -2.31. The van der Waals surface area contributed by atoms with Gasteiger partial charge in [0.05, 0.1) is 17.6 Å². The summed E-state index contributed by atoms with van der Waals surface area (Å²) in [6.07, 6.45) is 5.68. The summed E-state index contributed by atoms with van der Waals surface area (Å²) in [5.41, 5.74) is 6.22. The molecular weight excluding hydrogens is 454 g/mol. The van der Waals surface area contributed by atoms with Crippen molar-refractivity contribution in [3.63, 3.8) is 0 Å². The van der Waals surface area contributed by atoms with Crippen molar-refractivity contribution in [1.82, 2.24) is 19.9 Å². The number of carbonyl (C=O) groups excluding carboxylic acids is 1. The van der Waals surface area contributed by atoms with E-state index in [0.717, 1.165) is 10.6 Å². The molecule has 0 bridgehead atoms. The molecule has 1 amide bonds. The summed E-state index contributed by atoms with van der Waals surface area (Å²) in [4.78, 5) is 33.4. The third-order valence-electron chi connectivity index (χ3n) is 5.71. The minimum atomic E-state index is -2.63. The maximum Gasteiger partial charge on any atom is 0.272 e. The number of nitrogens with two attached hydrogens (primary N) is 1. The van der Waals surface area contributed by atoms with Gasteiger partial charge >= 0.3 is 0 Å². The van der Waals surface area contributed by atoms with Crippen LogP contribution in [0.2, 0.25) is 0 Å². The van der Waals surface area contributed by atoms with Gasteiger partial charge in [0.1, 0.15) is 17.7 Å². The van der Waals surface area contributed by atoms with E-state index in [9.17, 15) is 18.4 Å².